The average Bonchev–Trinajstić information content (AvgIpc) is 2.72. The van der Waals surface area contributed by atoms with Gasteiger partial charge in [0.25, 0.3) is 5.56 Å². The summed E-state index contributed by atoms with van der Waals surface area (Å²) in [7, 11) is 0. The maximum Gasteiger partial charge on any atom is 0.417 e. The SMILES string of the molecule is CCN(C(=O)OC(C)(C)C)c1nc2cccc(C#N)c2c(=O)n1-c1cc(F)cc(C#N)c1. The lowest BCUT2D eigenvalue weighted by Crippen LogP contribution is -2.40. The molecule has 0 aliphatic rings. The summed E-state index contributed by atoms with van der Waals surface area (Å²) in [4.78, 5) is 32.1. The molecule has 0 unspecified atom stereocenters. The van der Waals surface area contributed by atoms with E-state index in [0.29, 0.717) is 0 Å². The molecule has 1 aromatic heterocycles. The van der Waals surface area contributed by atoms with Crippen molar-refractivity contribution in [2.75, 3.05) is 11.4 Å². The number of ether oxygens (including phenoxy) is 1. The summed E-state index contributed by atoms with van der Waals surface area (Å²) in [6.07, 6.45) is -0.756. The zero-order chi connectivity index (χ0) is 23.6. The number of carbonyl (C=O) groups is 1. The van der Waals surface area contributed by atoms with Gasteiger partial charge in [-0.05, 0) is 58.0 Å². The molecule has 0 N–H and O–H groups in total. The number of aromatic nitrogens is 2. The molecule has 0 aliphatic heterocycles. The maximum absolute atomic E-state index is 14.2. The molecule has 1 heterocycles. The Kier molecular flexibility index (Phi) is 5.95. The van der Waals surface area contributed by atoms with Gasteiger partial charge in [-0.15, -0.1) is 0 Å². The third-order valence-corrected chi connectivity index (χ3v) is 4.44. The Labute approximate surface area is 183 Å². The van der Waals surface area contributed by atoms with Crippen LogP contribution in [0, 0.1) is 28.5 Å². The lowest BCUT2D eigenvalue weighted by Gasteiger charge is -2.27. The fourth-order valence-electron chi connectivity index (χ4n) is 3.16. The second-order valence-corrected chi connectivity index (χ2v) is 7.90. The summed E-state index contributed by atoms with van der Waals surface area (Å²) in [6, 6.07) is 11.8. The Balaban J connectivity index is 2.42. The zero-order valence-electron chi connectivity index (χ0n) is 18.0. The number of nitriles is 2. The van der Waals surface area contributed by atoms with E-state index in [1.807, 2.05) is 12.1 Å². The summed E-state index contributed by atoms with van der Waals surface area (Å²) in [5, 5.41) is 18.7. The van der Waals surface area contributed by atoms with Crippen LogP contribution in [0.25, 0.3) is 16.6 Å². The lowest BCUT2D eigenvalue weighted by molar-refractivity contribution is 0.0579. The van der Waals surface area contributed by atoms with Crippen LogP contribution in [0.4, 0.5) is 15.1 Å². The number of anilines is 1. The number of hydrogen-bond acceptors (Lipinski definition) is 6. The molecular weight excluding hydrogens is 413 g/mol. The maximum atomic E-state index is 14.2. The third kappa shape index (κ3) is 4.28. The molecule has 1 amide bonds. The van der Waals surface area contributed by atoms with Crippen LogP contribution in [0.15, 0.2) is 41.2 Å². The van der Waals surface area contributed by atoms with E-state index in [-0.39, 0.29) is 40.2 Å². The van der Waals surface area contributed by atoms with Gasteiger partial charge in [0.05, 0.1) is 33.8 Å². The predicted octanol–water partition coefficient (Wildman–Crippen LogP) is 4.03. The molecule has 0 spiro atoms. The van der Waals surface area contributed by atoms with Crippen molar-refractivity contribution in [1.29, 1.82) is 10.5 Å². The molecule has 162 valence electrons. The summed E-state index contributed by atoms with van der Waals surface area (Å²) >= 11 is 0. The van der Waals surface area contributed by atoms with E-state index in [2.05, 4.69) is 4.98 Å². The van der Waals surface area contributed by atoms with Crippen LogP contribution in [0.2, 0.25) is 0 Å². The Bertz CT molecular complexity index is 1360. The number of nitrogens with zero attached hydrogens (tertiary/aromatic N) is 5. The van der Waals surface area contributed by atoms with E-state index < -0.39 is 23.1 Å². The van der Waals surface area contributed by atoms with Crippen LogP contribution in [-0.2, 0) is 4.74 Å². The topological polar surface area (TPSA) is 112 Å². The minimum Gasteiger partial charge on any atom is -0.443 e. The first kappa shape index (κ1) is 22.4. The van der Waals surface area contributed by atoms with Gasteiger partial charge in [-0.25, -0.2) is 23.6 Å². The Morgan fingerprint density at radius 3 is 2.53 bits per heavy atom. The van der Waals surface area contributed by atoms with Crippen molar-refractivity contribution >= 4 is 22.9 Å². The predicted molar refractivity (Wildman–Crippen MR) is 116 cm³/mol. The van der Waals surface area contributed by atoms with Crippen LogP contribution in [-0.4, -0.2) is 27.8 Å². The molecule has 2 aromatic carbocycles. The van der Waals surface area contributed by atoms with Crippen molar-refractivity contribution in [1.82, 2.24) is 9.55 Å². The Morgan fingerprint density at radius 2 is 1.94 bits per heavy atom. The standard InChI is InChI=1S/C23H20FN5O3/c1-5-28(22(31)32-23(2,3)4)21-27-18-8-6-7-15(13-26)19(18)20(30)29(21)17-10-14(12-25)9-16(24)11-17/h6-11H,5H2,1-4H3. The molecular formula is C23H20FN5O3. The first-order chi connectivity index (χ1) is 15.1. The highest BCUT2D eigenvalue weighted by Crippen LogP contribution is 2.24. The summed E-state index contributed by atoms with van der Waals surface area (Å²) in [6.45, 7) is 6.85. The molecule has 9 heteroatoms. The number of hydrogen-bond donors (Lipinski definition) is 0. The van der Waals surface area contributed by atoms with Crippen LogP contribution >= 0.6 is 0 Å². The highest BCUT2D eigenvalue weighted by molar-refractivity contribution is 5.90. The smallest absolute Gasteiger partial charge is 0.417 e. The Hall–Kier alpha value is -4.24. The van der Waals surface area contributed by atoms with E-state index in [1.165, 1.54) is 12.1 Å². The van der Waals surface area contributed by atoms with Crippen molar-refractivity contribution in [2.24, 2.45) is 0 Å². The van der Waals surface area contributed by atoms with Crippen molar-refractivity contribution in [3.05, 3.63) is 63.7 Å². The first-order valence-electron chi connectivity index (χ1n) is 9.77. The Morgan fingerprint density at radius 1 is 1.22 bits per heavy atom. The van der Waals surface area contributed by atoms with Gasteiger partial charge in [0, 0.05) is 6.54 Å². The molecule has 0 saturated carbocycles. The van der Waals surface area contributed by atoms with Gasteiger partial charge in [-0.3, -0.25) is 4.79 Å². The number of benzene rings is 2. The number of halogens is 1. The molecule has 32 heavy (non-hydrogen) atoms. The van der Waals surface area contributed by atoms with Crippen molar-refractivity contribution in [3.63, 3.8) is 0 Å². The number of amides is 1. The molecule has 0 radical (unpaired) electrons. The molecule has 0 atom stereocenters. The molecule has 0 fully saturated rings. The van der Waals surface area contributed by atoms with Gasteiger partial charge in [0.2, 0.25) is 5.95 Å². The van der Waals surface area contributed by atoms with Crippen LogP contribution in [0.3, 0.4) is 0 Å². The van der Waals surface area contributed by atoms with Crippen molar-refractivity contribution < 1.29 is 13.9 Å². The van der Waals surface area contributed by atoms with Gasteiger partial charge in [-0.2, -0.15) is 10.5 Å². The van der Waals surface area contributed by atoms with E-state index in [4.69, 9.17) is 4.74 Å². The normalized spacial score (nSPS) is 11.0. The zero-order valence-corrected chi connectivity index (χ0v) is 18.0. The minimum absolute atomic E-state index is 0.00861. The number of carbonyl (C=O) groups excluding carboxylic acids is 1. The minimum atomic E-state index is -0.812. The fraction of sp³-hybridized carbons (Fsp3) is 0.261. The molecule has 8 nitrogen and oxygen atoms in total. The van der Waals surface area contributed by atoms with Gasteiger partial charge in [-0.1, -0.05) is 6.07 Å². The summed E-state index contributed by atoms with van der Waals surface area (Å²) in [5.74, 6) is -0.866. The molecule has 3 rings (SSSR count). The summed E-state index contributed by atoms with van der Waals surface area (Å²) < 4.78 is 20.7. The second kappa shape index (κ2) is 8.48. The van der Waals surface area contributed by atoms with Crippen LogP contribution < -0.4 is 10.5 Å². The van der Waals surface area contributed by atoms with E-state index in [1.54, 1.807) is 39.8 Å². The van der Waals surface area contributed by atoms with E-state index in [9.17, 15) is 24.5 Å². The molecule has 3 aromatic rings. The van der Waals surface area contributed by atoms with E-state index >= 15 is 0 Å². The first-order valence-corrected chi connectivity index (χ1v) is 9.77. The quantitative estimate of drug-likeness (QED) is 0.616. The monoisotopic (exact) mass is 433 g/mol. The van der Waals surface area contributed by atoms with Gasteiger partial charge in [0.1, 0.15) is 17.5 Å². The fourth-order valence-corrected chi connectivity index (χ4v) is 3.16. The van der Waals surface area contributed by atoms with E-state index in [0.717, 1.165) is 21.6 Å². The molecule has 0 bridgehead atoms. The largest absolute Gasteiger partial charge is 0.443 e. The highest BCUT2D eigenvalue weighted by atomic mass is 19.1. The van der Waals surface area contributed by atoms with Crippen molar-refractivity contribution in [2.45, 2.75) is 33.3 Å². The number of fused-ring (bicyclic) bond motifs is 1. The second-order valence-electron chi connectivity index (χ2n) is 7.90. The average molecular weight is 433 g/mol. The van der Waals surface area contributed by atoms with Gasteiger partial charge < -0.3 is 4.74 Å². The third-order valence-electron chi connectivity index (χ3n) is 4.44. The van der Waals surface area contributed by atoms with Crippen LogP contribution in [0.1, 0.15) is 38.8 Å². The summed E-state index contributed by atoms with van der Waals surface area (Å²) in [5.41, 5.74) is -1.25. The van der Waals surface area contributed by atoms with Gasteiger partial charge in [0.15, 0.2) is 0 Å². The molecule has 0 aliphatic carbocycles. The lowest BCUT2D eigenvalue weighted by atomic mass is 10.1. The molecule has 0 saturated heterocycles. The number of rotatable bonds is 3. The van der Waals surface area contributed by atoms with Crippen LogP contribution in [0.5, 0.6) is 0 Å². The van der Waals surface area contributed by atoms with Crippen molar-refractivity contribution in [3.8, 4) is 17.8 Å². The van der Waals surface area contributed by atoms with Gasteiger partial charge >= 0.3 is 6.09 Å². The highest BCUT2D eigenvalue weighted by Gasteiger charge is 2.28.